The van der Waals surface area contributed by atoms with Crippen LogP contribution in [0.5, 0.6) is 0 Å². The second-order valence-electron chi connectivity index (χ2n) is 5.27. The zero-order valence-corrected chi connectivity index (χ0v) is 14.0. The molecule has 0 heterocycles. The number of nitrogens with zero attached hydrogens (tertiary/aromatic N) is 1. The van der Waals surface area contributed by atoms with E-state index in [9.17, 15) is 4.79 Å². The molecule has 6 heteroatoms. The number of carbonyl (C=O) groups is 1. The van der Waals surface area contributed by atoms with Crippen molar-refractivity contribution in [2.24, 2.45) is 10.9 Å². The quantitative estimate of drug-likeness (QED) is 0.304. The molecule has 0 aromatic heterocycles. The summed E-state index contributed by atoms with van der Waals surface area (Å²) in [6.07, 6.45) is 2.01. The Morgan fingerprint density at radius 3 is 2.48 bits per heavy atom. The molecule has 0 aliphatic heterocycles. The van der Waals surface area contributed by atoms with Gasteiger partial charge in [-0.3, -0.25) is 4.79 Å². The van der Waals surface area contributed by atoms with E-state index in [-0.39, 0.29) is 12.5 Å². The molecule has 0 atom stereocenters. The number of ether oxygens (including phenoxy) is 1. The van der Waals surface area contributed by atoms with Gasteiger partial charge in [0.05, 0.1) is 6.61 Å². The van der Waals surface area contributed by atoms with Gasteiger partial charge < -0.3 is 20.7 Å². The molecule has 124 valence electrons. The van der Waals surface area contributed by atoms with Crippen molar-refractivity contribution >= 4 is 11.9 Å². The highest BCUT2D eigenvalue weighted by molar-refractivity contribution is 5.84. The van der Waals surface area contributed by atoms with Gasteiger partial charge >= 0.3 is 0 Å². The molecule has 0 saturated heterocycles. The molecule has 6 nitrogen and oxygen atoms in total. The minimum atomic E-state index is -0.0535. The largest absolute Gasteiger partial charge is 0.380 e. The Morgan fingerprint density at radius 1 is 1.10 bits per heavy atom. The van der Waals surface area contributed by atoms with Crippen molar-refractivity contribution in [3.63, 3.8) is 0 Å². The van der Waals surface area contributed by atoms with Crippen LogP contribution in [0.2, 0.25) is 0 Å². The van der Waals surface area contributed by atoms with Gasteiger partial charge in [-0.05, 0) is 25.7 Å². The number of nitrogens with one attached hydrogen (secondary N) is 3. The molecule has 21 heavy (non-hydrogen) atoms. The molecule has 0 bridgehead atoms. The average molecular weight is 300 g/mol. The summed E-state index contributed by atoms with van der Waals surface area (Å²) in [6, 6.07) is 0. The molecule has 3 N–H and O–H groups in total. The summed E-state index contributed by atoms with van der Waals surface area (Å²) in [5.41, 5.74) is 0. The van der Waals surface area contributed by atoms with E-state index in [1.54, 1.807) is 0 Å². The van der Waals surface area contributed by atoms with Crippen molar-refractivity contribution in [3.05, 3.63) is 0 Å². The second kappa shape index (κ2) is 13.7. The van der Waals surface area contributed by atoms with Crippen molar-refractivity contribution in [1.82, 2.24) is 16.0 Å². The van der Waals surface area contributed by atoms with Crippen molar-refractivity contribution in [3.8, 4) is 0 Å². The van der Waals surface area contributed by atoms with E-state index in [0.29, 0.717) is 31.6 Å². The SMILES string of the molecule is CCCNC(=O)CN=C(NCC)NCCOCCC(C)C. The summed E-state index contributed by atoms with van der Waals surface area (Å²) >= 11 is 0. The summed E-state index contributed by atoms with van der Waals surface area (Å²) in [5, 5.41) is 9.06. The molecule has 0 saturated carbocycles. The molecule has 0 aliphatic carbocycles. The minimum absolute atomic E-state index is 0.0535. The van der Waals surface area contributed by atoms with Crippen molar-refractivity contribution < 1.29 is 9.53 Å². The maximum atomic E-state index is 11.5. The van der Waals surface area contributed by atoms with E-state index < -0.39 is 0 Å². The van der Waals surface area contributed by atoms with Gasteiger partial charge in [0.1, 0.15) is 6.54 Å². The monoisotopic (exact) mass is 300 g/mol. The van der Waals surface area contributed by atoms with Crippen LogP contribution in [0.25, 0.3) is 0 Å². The third-order valence-electron chi connectivity index (χ3n) is 2.68. The number of aliphatic imine (C=N–C) groups is 1. The number of carbonyl (C=O) groups excluding carboxylic acids is 1. The van der Waals surface area contributed by atoms with E-state index in [4.69, 9.17) is 4.74 Å². The van der Waals surface area contributed by atoms with Crippen molar-refractivity contribution in [2.45, 2.75) is 40.5 Å². The zero-order chi connectivity index (χ0) is 15.9. The van der Waals surface area contributed by atoms with Gasteiger partial charge in [-0.1, -0.05) is 20.8 Å². The Bertz CT molecular complexity index is 293. The summed E-state index contributed by atoms with van der Waals surface area (Å²) in [6.45, 7) is 12.1. The minimum Gasteiger partial charge on any atom is -0.380 e. The predicted molar refractivity (Wildman–Crippen MR) is 87.6 cm³/mol. The van der Waals surface area contributed by atoms with Crippen LogP contribution in [-0.4, -0.2) is 51.3 Å². The Labute approximate surface area is 129 Å². The smallest absolute Gasteiger partial charge is 0.241 e. The number of hydrogen-bond donors (Lipinski definition) is 3. The lowest BCUT2D eigenvalue weighted by Gasteiger charge is -2.12. The Balaban J connectivity index is 3.87. The van der Waals surface area contributed by atoms with Crippen molar-refractivity contribution in [1.29, 1.82) is 0 Å². The van der Waals surface area contributed by atoms with E-state index >= 15 is 0 Å². The van der Waals surface area contributed by atoms with Gasteiger partial charge in [-0.2, -0.15) is 0 Å². The van der Waals surface area contributed by atoms with Gasteiger partial charge in [0.2, 0.25) is 5.91 Å². The topological polar surface area (TPSA) is 74.8 Å². The third-order valence-corrected chi connectivity index (χ3v) is 2.68. The Hall–Kier alpha value is -1.30. The lowest BCUT2D eigenvalue weighted by Crippen LogP contribution is -2.40. The lowest BCUT2D eigenvalue weighted by atomic mass is 10.1. The van der Waals surface area contributed by atoms with Crippen LogP contribution in [0.1, 0.15) is 40.5 Å². The molecule has 0 radical (unpaired) electrons. The standard InChI is InChI=1S/C15H32N4O2/c1-5-8-17-14(20)12-19-15(16-6-2)18-9-11-21-10-7-13(3)4/h13H,5-12H2,1-4H3,(H,17,20)(H2,16,18,19). The summed E-state index contributed by atoms with van der Waals surface area (Å²) in [4.78, 5) is 15.7. The summed E-state index contributed by atoms with van der Waals surface area (Å²) in [5.74, 6) is 1.26. The van der Waals surface area contributed by atoms with Gasteiger partial charge in [0.15, 0.2) is 5.96 Å². The van der Waals surface area contributed by atoms with Gasteiger partial charge in [-0.25, -0.2) is 4.99 Å². The maximum absolute atomic E-state index is 11.5. The average Bonchev–Trinajstić information content (AvgIpc) is 2.45. The predicted octanol–water partition coefficient (Wildman–Crippen LogP) is 1.13. The highest BCUT2D eigenvalue weighted by atomic mass is 16.5. The summed E-state index contributed by atoms with van der Waals surface area (Å²) < 4.78 is 5.53. The fourth-order valence-electron chi connectivity index (χ4n) is 1.48. The second-order valence-corrected chi connectivity index (χ2v) is 5.27. The van der Waals surface area contributed by atoms with Crippen LogP contribution in [0.15, 0.2) is 4.99 Å². The van der Waals surface area contributed by atoms with Crippen LogP contribution >= 0.6 is 0 Å². The number of hydrogen-bond acceptors (Lipinski definition) is 3. The number of amides is 1. The Kier molecular flexibility index (Phi) is 12.8. The molecule has 0 aliphatic rings. The number of guanidine groups is 1. The van der Waals surface area contributed by atoms with Crippen LogP contribution in [0.4, 0.5) is 0 Å². The molecular formula is C15H32N4O2. The molecule has 0 aromatic rings. The first-order valence-electron chi connectivity index (χ1n) is 7.96. The van der Waals surface area contributed by atoms with E-state index in [1.807, 2.05) is 13.8 Å². The van der Waals surface area contributed by atoms with Gasteiger partial charge in [0.25, 0.3) is 0 Å². The highest BCUT2D eigenvalue weighted by Gasteiger charge is 2.01. The number of rotatable bonds is 11. The highest BCUT2D eigenvalue weighted by Crippen LogP contribution is 1.98. The van der Waals surface area contributed by atoms with Crippen molar-refractivity contribution in [2.75, 3.05) is 39.4 Å². The normalized spacial score (nSPS) is 11.6. The van der Waals surface area contributed by atoms with Crippen LogP contribution in [-0.2, 0) is 9.53 Å². The maximum Gasteiger partial charge on any atom is 0.241 e. The van der Waals surface area contributed by atoms with E-state index in [1.165, 1.54) is 0 Å². The Morgan fingerprint density at radius 2 is 1.86 bits per heavy atom. The zero-order valence-electron chi connectivity index (χ0n) is 14.0. The van der Waals surface area contributed by atoms with Crippen LogP contribution < -0.4 is 16.0 Å². The lowest BCUT2D eigenvalue weighted by molar-refractivity contribution is -0.119. The first kappa shape index (κ1) is 19.7. The fraction of sp³-hybridized carbons (Fsp3) is 0.867. The third kappa shape index (κ3) is 13.4. The van der Waals surface area contributed by atoms with Crippen LogP contribution in [0, 0.1) is 5.92 Å². The first-order chi connectivity index (χ1) is 10.1. The molecule has 0 unspecified atom stereocenters. The van der Waals surface area contributed by atoms with Gasteiger partial charge in [0, 0.05) is 26.2 Å². The molecular weight excluding hydrogens is 268 g/mol. The van der Waals surface area contributed by atoms with E-state index in [2.05, 4.69) is 34.8 Å². The molecule has 0 spiro atoms. The molecule has 0 aromatic carbocycles. The molecule has 0 fully saturated rings. The summed E-state index contributed by atoms with van der Waals surface area (Å²) in [7, 11) is 0. The van der Waals surface area contributed by atoms with Gasteiger partial charge in [-0.15, -0.1) is 0 Å². The van der Waals surface area contributed by atoms with E-state index in [0.717, 1.165) is 26.0 Å². The molecule has 0 rings (SSSR count). The fourth-order valence-corrected chi connectivity index (χ4v) is 1.48. The first-order valence-corrected chi connectivity index (χ1v) is 7.96. The van der Waals surface area contributed by atoms with Crippen LogP contribution in [0.3, 0.4) is 0 Å². The molecule has 1 amide bonds.